The van der Waals surface area contributed by atoms with E-state index in [9.17, 15) is 19.2 Å². The number of hydrogen-bond acceptors (Lipinski definition) is 12. The molecule has 2 aliphatic rings. The fourth-order valence-electron chi connectivity index (χ4n) is 5.13. The fourth-order valence-corrected chi connectivity index (χ4v) is 8.37. The number of benzene rings is 2. The molecule has 0 radical (unpaired) electrons. The van der Waals surface area contributed by atoms with Crippen molar-refractivity contribution in [1.29, 1.82) is 0 Å². The van der Waals surface area contributed by atoms with Crippen LogP contribution < -0.4 is 0 Å². The predicted octanol–water partition coefficient (Wildman–Crippen LogP) is 8.22. The SMILES string of the molecule is CCN1C(=O)S/C(=C\c2ccc(Sc3nc4ccc(CN5C(=O)S/C(=C\c6ccc(Sc7nc8ccccc8[nH]7)o6)C5=O)cc4[nH]3)o2)C1=O. The monoisotopic (exact) mass is 726 g/mol. The van der Waals surface area contributed by atoms with Crippen molar-refractivity contribution in [2.75, 3.05) is 6.54 Å². The number of rotatable bonds is 9. The number of furan rings is 2. The van der Waals surface area contributed by atoms with Crippen molar-refractivity contribution in [3.05, 3.63) is 93.6 Å². The molecule has 0 atom stereocenters. The van der Waals surface area contributed by atoms with Crippen LogP contribution in [0.15, 0.2) is 106 Å². The summed E-state index contributed by atoms with van der Waals surface area (Å²) in [5.41, 5.74) is 3.97. The highest BCUT2D eigenvalue weighted by Crippen LogP contribution is 2.37. The minimum Gasteiger partial charge on any atom is -0.450 e. The summed E-state index contributed by atoms with van der Waals surface area (Å²) in [4.78, 5) is 69.1. The number of carbonyl (C=O) groups excluding carboxylic acids is 4. The van der Waals surface area contributed by atoms with Crippen molar-refractivity contribution in [2.45, 2.75) is 34.0 Å². The lowest BCUT2D eigenvalue weighted by Crippen LogP contribution is -2.27. The molecule has 2 N–H and O–H groups in total. The molecule has 2 fully saturated rings. The van der Waals surface area contributed by atoms with E-state index >= 15 is 0 Å². The molecule has 0 saturated carbocycles. The summed E-state index contributed by atoms with van der Waals surface area (Å²) in [5, 5.41) is 1.74. The Morgan fingerprint density at radius 1 is 0.714 bits per heavy atom. The standard InChI is InChI=1S/C33H22N6O6S4/c1-2-38-28(40)24(46-32(38)42)14-18-8-12-27(44-18)49-31-36-22-10-7-17(13-23(22)37-31)16-39-29(41)25(47-33(39)43)15-19-9-11-26(45-19)48-30-34-20-5-3-4-6-21(20)35-30/h3-15H,2,16H2,1H3,(H,34,35)(H,36,37)/b24-14-,25-15-. The van der Waals surface area contributed by atoms with E-state index in [1.807, 2.05) is 42.5 Å². The van der Waals surface area contributed by atoms with Crippen molar-refractivity contribution in [2.24, 2.45) is 0 Å². The Balaban J connectivity index is 0.918. The second-order valence-corrected chi connectivity index (χ2v) is 14.6. The summed E-state index contributed by atoms with van der Waals surface area (Å²) in [6.45, 7) is 2.16. The van der Waals surface area contributed by atoms with Gasteiger partial charge in [0.2, 0.25) is 0 Å². The molecule has 6 heterocycles. The van der Waals surface area contributed by atoms with Gasteiger partial charge in [-0.25, -0.2) is 9.97 Å². The number of imide groups is 2. The highest BCUT2D eigenvalue weighted by molar-refractivity contribution is 8.18. The van der Waals surface area contributed by atoms with Gasteiger partial charge >= 0.3 is 0 Å². The normalized spacial score (nSPS) is 17.0. The molecule has 0 aliphatic carbocycles. The van der Waals surface area contributed by atoms with Gasteiger partial charge in [-0.3, -0.25) is 29.0 Å². The molecule has 4 amide bonds. The third-order valence-electron chi connectivity index (χ3n) is 7.44. The van der Waals surface area contributed by atoms with Crippen LogP contribution in [0.5, 0.6) is 0 Å². The third-order valence-corrected chi connectivity index (χ3v) is 10.9. The fraction of sp³-hybridized carbons (Fsp3) is 0.0909. The summed E-state index contributed by atoms with van der Waals surface area (Å²) < 4.78 is 11.8. The van der Waals surface area contributed by atoms with E-state index in [-0.39, 0.29) is 27.8 Å². The largest absolute Gasteiger partial charge is 0.450 e. The maximum Gasteiger partial charge on any atom is 0.293 e. The van der Waals surface area contributed by atoms with E-state index in [2.05, 4.69) is 19.9 Å². The predicted molar refractivity (Wildman–Crippen MR) is 188 cm³/mol. The van der Waals surface area contributed by atoms with Crippen LogP contribution in [-0.2, 0) is 16.1 Å². The molecule has 2 aliphatic heterocycles. The van der Waals surface area contributed by atoms with Crippen LogP contribution in [-0.4, -0.2) is 58.6 Å². The summed E-state index contributed by atoms with van der Waals surface area (Å²) in [6.07, 6.45) is 3.14. The molecule has 0 bridgehead atoms. The second kappa shape index (κ2) is 12.9. The van der Waals surface area contributed by atoms with Crippen LogP contribution in [0.3, 0.4) is 0 Å². The van der Waals surface area contributed by atoms with Gasteiger partial charge in [-0.05, 0) is 108 Å². The molecule has 2 aromatic carbocycles. The Morgan fingerprint density at radius 3 is 1.90 bits per heavy atom. The van der Waals surface area contributed by atoms with Gasteiger partial charge in [0, 0.05) is 18.7 Å². The lowest BCUT2D eigenvalue weighted by molar-refractivity contribution is -0.123. The second-order valence-electron chi connectivity index (χ2n) is 10.7. The first-order valence-corrected chi connectivity index (χ1v) is 18.1. The van der Waals surface area contributed by atoms with Crippen molar-refractivity contribution in [3.8, 4) is 0 Å². The van der Waals surface area contributed by atoms with Crippen LogP contribution in [0.4, 0.5) is 9.59 Å². The molecule has 12 nitrogen and oxygen atoms in total. The number of nitrogens with one attached hydrogen (secondary N) is 2. The van der Waals surface area contributed by atoms with E-state index in [0.717, 1.165) is 45.6 Å². The van der Waals surface area contributed by atoms with Gasteiger partial charge in [-0.2, -0.15) is 0 Å². The Kier molecular flexibility index (Phi) is 8.23. The number of aromatic nitrogens is 4. The first-order valence-electron chi connectivity index (χ1n) is 14.8. The van der Waals surface area contributed by atoms with Gasteiger partial charge in [-0.1, -0.05) is 18.2 Å². The lowest BCUT2D eigenvalue weighted by atomic mass is 10.2. The van der Waals surface area contributed by atoms with Gasteiger partial charge in [0.05, 0.1) is 38.4 Å². The Labute approximate surface area is 294 Å². The van der Waals surface area contributed by atoms with Crippen molar-refractivity contribution < 1.29 is 28.0 Å². The quantitative estimate of drug-likeness (QED) is 0.138. The molecule has 16 heteroatoms. The van der Waals surface area contributed by atoms with Crippen LogP contribution >= 0.6 is 47.0 Å². The lowest BCUT2D eigenvalue weighted by Gasteiger charge is -2.12. The Morgan fingerprint density at radius 2 is 1.29 bits per heavy atom. The minimum atomic E-state index is -0.396. The average molecular weight is 727 g/mol. The minimum absolute atomic E-state index is 0.0929. The van der Waals surface area contributed by atoms with Gasteiger partial charge in [0.1, 0.15) is 11.5 Å². The average Bonchev–Trinajstić information content (AvgIpc) is 3.93. The first kappa shape index (κ1) is 31.4. The number of fused-ring (bicyclic) bond motifs is 2. The van der Waals surface area contributed by atoms with Crippen LogP contribution in [0.1, 0.15) is 24.0 Å². The van der Waals surface area contributed by atoms with E-state index in [0.29, 0.717) is 49.0 Å². The Bertz CT molecular complexity index is 2350. The number of amides is 4. The molecule has 49 heavy (non-hydrogen) atoms. The molecule has 244 valence electrons. The van der Waals surface area contributed by atoms with E-state index < -0.39 is 5.91 Å². The number of nitrogens with zero attached hydrogens (tertiary/aromatic N) is 4. The van der Waals surface area contributed by atoms with Crippen molar-refractivity contribution in [3.63, 3.8) is 0 Å². The number of carbonyl (C=O) groups is 4. The zero-order chi connectivity index (χ0) is 33.6. The molecule has 0 spiro atoms. The summed E-state index contributed by atoms with van der Waals surface area (Å²) >= 11 is 4.36. The number of para-hydroxylation sites is 2. The number of imidazole rings is 2. The maximum absolute atomic E-state index is 13.2. The molecule has 6 aromatic rings. The van der Waals surface area contributed by atoms with E-state index in [4.69, 9.17) is 8.83 Å². The summed E-state index contributed by atoms with van der Waals surface area (Å²) in [7, 11) is 0. The first-order chi connectivity index (χ1) is 23.8. The zero-order valence-electron chi connectivity index (χ0n) is 25.3. The molecule has 8 rings (SSSR count). The summed E-state index contributed by atoms with van der Waals surface area (Å²) in [6, 6.07) is 20.3. The van der Waals surface area contributed by atoms with E-state index in [1.165, 1.54) is 33.3 Å². The number of thioether (sulfide) groups is 2. The smallest absolute Gasteiger partial charge is 0.293 e. The molecule has 4 aromatic heterocycles. The van der Waals surface area contributed by atoms with Crippen molar-refractivity contribution in [1.82, 2.24) is 29.7 Å². The van der Waals surface area contributed by atoms with Crippen LogP contribution in [0, 0.1) is 0 Å². The molecule has 0 unspecified atom stereocenters. The number of H-pyrrole nitrogens is 2. The highest BCUT2D eigenvalue weighted by atomic mass is 32.2. The van der Waals surface area contributed by atoms with Crippen molar-refractivity contribution >= 4 is 104 Å². The number of hydrogen-bond donors (Lipinski definition) is 2. The molecule has 2 saturated heterocycles. The third kappa shape index (κ3) is 6.35. The maximum atomic E-state index is 13.2. The highest BCUT2D eigenvalue weighted by Gasteiger charge is 2.36. The summed E-state index contributed by atoms with van der Waals surface area (Å²) in [5.74, 6) is 0.174. The van der Waals surface area contributed by atoms with E-state index in [1.54, 1.807) is 43.3 Å². The van der Waals surface area contributed by atoms with Crippen LogP contribution in [0.25, 0.3) is 34.2 Å². The van der Waals surface area contributed by atoms with Gasteiger partial charge in [0.15, 0.2) is 20.5 Å². The topological polar surface area (TPSA) is 158 Å². The number of likely N-dealkylation sites (N-methyl/N-ethyl adjacent to an activating group) is 1. The van der Waals surface area contributed by atoms with Gasteiger partial charge < -0.3 is 18.8 Å². The zero-order valence-corrected chi connectivity index (χ0v) is 28.6. The van der Waals surface area contributed by atoms with Gasteiger partial charge in [-0.15, -0.1) is 0 Å². The van der Waals surface area contributed by atoms with Gasteiger partial charge in [0.25, 0.3) is 22.3 Å². The van der Waals surface area contributed by atoms with Crippen LogP contribution in [0.2, 0.25) is 0 Å². The molecular formula is C33H22N6O6S4. The molecular weight excluding hydrogens is 705 g/mol. The Hall–Kier alpha value is -4.90. The number of aromatic amines is 2.